The van der Waals surface area contributed by atoms with Crippen molar-refractivity contribution in [2.45, 2.75) is 39.8 Å². The van der Waals surface area contributed by atoms with Crippen LogP contribution in [0.15, 0.2) is 47.1 Å². The third-order valence-electron chi connectivity index (χ3n) is 5.10. The normalized spacial score (nSPS) is 19.6. The smallest absolute Gasteiger partial charge is 0.317 e. The molecule has 0 radical (unpaired) electrons. The van der Waals surface area contributed by atoms with Crippen LogP contribution in [0, 0.1) is 12.3 Å². The van der Waals surface area contributed by atoms with Crippen molar-refractivity contribution in [2.75, 3.05) is 13.1 Å². The first-order valence-corrected chi connectivity index (χ1v) is 9.35. The first kappa shape index (κ1) is 19.0. The molecule has 1 aromatic heterocycles. The third kappa shape index (κ3) is 4.90. The number of carbonyl (C=O) groups excluding carboxylic acids is 2. The van der Waals surface area contributed by atoms with E-state index in [1.807, 2.05) is 44.2 Å². The molecule has 2 heterocycles. The molecule has 0 aliphatic carbocycles. The number of hydrogen-bond donors (Lipinski definition) is 2. The minimum atomic E-state index is -0.578. The van der Waals surface area contributed by atoms with Gasteiger partial charge in [-0.25, -0.2) is 4.79 Å². The standard InChI is InChI=1S/C21H27N3O3/c1-16-6-8-17(9-7-16)13-22-19(25)21(2)10-4-11-24(15-21)20(26)23-14-18-5-3-12-27-18/h3,5-9,12H,4,10-11,13-15H2,1-2H3,(H,22,25)(H,23,26). The van der Waals surface area contributed by atoms with Crippen LogP contribution >= 0.6 is 0 Å². The first-order valence-electron chi connectivity index (χ1n) is 9.35. The van der Waals surface area contributed by atoms with Gasteiger partial charge < -0.3 is 20.0 Å². The SMILES string of the molecule is Cc1ccc(CNC(=O)C2(C)CCCN(C(=O)NCc3ccco3)C2)cc1. The molecule has 1 aromatic carbocycles. The lowest BCUT2D eigenvalue weighted by Gasteiger charge is -2.39. The molecule has 27 heavy (non-hydrogen) atoms. The highest BCUT2D eigenvalue weighted by molar-refractivity contribution is 5.84. The number of likely N-dealkylation sites (tertiary alicyclic amines) is 1. The van der Waals surface area contributed by atoms with Crippen LogP contribution in [0.1, 0.15) is 36.7 Å². The van der Waals surface area contributed by atoms with Crippen LogP contribution in [0.5, 0.6) is 0 Å². The molecule has 144 valence electrons. The van der Waals surface area contributed by atoms with Gasteiger partial charge in [0.15, 0.2) is 0 Å². The molecule has 0 spiro atoms. The number of hydrogen-bond acceptors (Lipinski definition) is 3. The molecule has 1 aliphatic rings. The van der Waals surface area contributed by atoms with Crippen LogP contribution in [0.25, 0.3) is 0 Å². The minimum absolute atomic E-state index is 0.00777. The topological polar surface area (TPSA) is 74.6 Å². The molecule has 0 bridgehead atoms. The second kappa shape index (κ2) is 8.29. The summed E-state index contributed by atoms with van der Waals surface area (Å²) in [6.45, 7) is 5.89. The maximum Gasteiger partial charge on any atom is 0.317 e. The molecule has 1 aliphatic heterocycles. The molecule has 6 nitrogen and oxygen atoms in total. The number of piperidine rings is 1. The van der Waals surface area contributed by atoms with Gasteiger partial charge in [-0.05, 0) is 44.4 Å². The third-order valence-corrected chi connectivity index (χ3v) is 5.10. The summed E-state index contributed by atoms with van der Waals surface area (Å²) in [6, 6.07) is 11.6. The lowest BCUT2D eigenvalue weighted by atomic mass is 9.81. The van der Waals surface area contributed by atoms with E-state index in [0.29, 0.717) is 31.9 Å². The molecule has 1 fully saturated rings. The van der Waals surface area contributed by atoms with Gasteiger partial charge in [-0.15, -0.1) is 0 Å². The fourth-order valence-corrected chi connectivity index (χ4v) is 3.39. The van der Waals surface area contributed by atoms with E-state index in [0.717, 1.165) is 18.4 Å². The molecule has 3 rings (SSSR count). The van der Waals surface area contributed by atoms with E-state index in [1.54, 1.807) is 17.2 Å². The molecular formula is C21H27N3O3. The van der Waals surface area contributed by atoms with Crippen LogP contribution in [0.3, 0.4) is 0 Å². The van der Waals surface area contributed by atoms with Gasteiger partial charge in [0.2, 0.25) is 5.91 Å². The Hall–Kier alpha value is -2.76. The van der Waals surface area contributed by atoms with Crippen molar-refractivity contribution in [1.29, 1.82) is 0 Å². The van der Waals surface area contributed by atoms with Gasteiger partial charge in [0.25, 0.3) is 0 Å². The van der Waals surface area contributed by atoms with E-state index in [4.69, 9.17) is 4.42 Å². The second-order valence-electron chi connectivity index (χ2n) is 7.49. The van der Waals surface area contributed by atoms with Gasteiger partial charge in [0.05, 0.1) is 18.2 Å². The van der Waals surface area contributed by atoms with E-state index in [9.17, 15) is 9.59 Å². The zero-order valence-corrected chi connectivity index (χ0v) is 16.0. The van der Waals surface area contributed by atoms with E-state index in [2.05, 4.69) is 10.6 Å². The molecule has 6 heteroatoms. The Labute approximate surface area is 159 Å². The van der Waals surface area contributed by atoms with E-state index >= 15 is 0 Å². The molecule has 1 saturated heterocycles. The summed E-state index contributed by atoms with van der Waals surface area (Å²) in [5, 5.41) is 5.89. The number of rotatable bonds is 5. The molecular weight excluding hydrogens is 342 g/mol. The maximum absolute atomic E-state index is 12.8. The van der Waals surface area contributed by atoms with E-state index < -0.39 is 5.41 Å². The predicted molar refractivity (Wildman–Crippen MR) is 103 cm³/mol. The lowest BCUT2D eigenvalue weighted by Crippen LogP contribution is -2.53. The number of urea groups is 1. The minimum Gasteiger partial charge on any atom is -0.467 e. The Kier molecular flexibility index (Phi) is 5.84. The van der Waals surface area contributed by atoms with Crippen LogP contribution < -0.4 is 10.6 Å². The quantitative estimate of drug-likeness (QED) is 0.850. The zero-order valence-electron chi connectivity index (χ0n) is 16.0. The summed E-state index contributed by atoms with van der Waals surface area (Å²) in [6.07, 6.45) is 3.16. The average Bonchev–Trinajstić information content (AvgIpc) is 3.19. The Morgan fingerprint density at radius 2 is 1.93 bits per heavy atom. The Bertz CT molecular complexity index is 770. The molecule has 2 N–H and O–H groups in total. The summed E-state index contributed by atoms with van der Waals surface area (Å²) in [5.41, 5.74) is 1.69. The fourth-order valence-electron chi connectivity index (χ4n) is 3.39. The fraction of sp³-hybridized carbons (Fsp3) is 0.429. The largest absolute Gasteiger partial charge is 0.467 e. The van der Waals surface area contributed by atoms with Gasteiger partial charge in [-0.3, -0.25) is 4.79 Å². The number of nitrogens with one attached hydrogen (secondary N) is 2. The van der Waals surface area contributed by atoms with Crippen LogP contribution in [-0.2, 0) is 17.9 Å². The molecule has 1 atom stereocenters. The molecule has 2 aromatic rings. The molecule has 3 amide bonds. The summed E-state index contributed by atoms with van der Waals surface area (Å²) < 4.78 is 5.23. The van der Waals surface area contributed by atoms with Gasteiger partial charge in [0, 0.05) is 19.6 Å². The number of carbonyl (C=O) groups is 2. The van der Waals surface area contributed by atoms with Crippen LogP contribution in [0.2, 0.25) is 0 Å². The maximum atomic E-state index is 12.8. The lowest BCUT2D eigenvalue weighted by molar-refractivity contribution is -0.132. The summed E-state index contributed by atoms with van der Waals surface area (Å²) >= 11 is 0. The number of amides is 3. The molecule has 0 saturated carbocycles. The zero-order chi connectivity index (χ0) is 19.3. The van der Waals surface area contributed by atoms with Crippen LogP contribution in [0.4, 0.5) is 4.79 Å². The average molecular weight is 369 g/mol. The van der Waals surface area contributed by atoms with Crippen molar-refractivity contribution < 1.29 is 14.0 Å². The highest BCUT2D eigenvalue weighted by Gasteiger charge is 2.39. The van der Waals surface area contributed by atoms with Gasteiger partial charge in [0.1, 0.15) is 5.76 Å². The van der Waals surface area contributed by atoms with Gasteiger partial charge >= 0.3 is 6.03 Å². The Morgan fingerprint density at radius 3 is 2.63 bits per heavy atom. The number of furan rings is 1. The number of benzene rings is 1. The molecule has 1 unspecified atom stereocenters. The highest BCUT2D eigenvalue weighted by Crippen LogP contribution is 2.30. The Morgan fingerprint density at radius 1 is 1.15 bits per heavy atom. The highest BCUT2D eigenvalue weighted by atomic mass is 16.3. The van der Waals surface area contributed by atoms with Crippen molar-refractivity contribution in [2.24, 2.45) is 5.41 Å². The second-order valence-corrected chi connectivity index (χ2v) is 7.49. The van der Waals surface area contributed by atoms with Crippen molar-refractivity contribution >= 4 is 11.9 Å². The van der Waals surface area contributed by atoms with Crippen molar-refractivity contribution in [1.82, 2.24) is 15.5 Å². The van der Waals surface area contributed by atoms with Crippen molar-refractivity contribution in [3.8, 4) is 0 Å². The monoisotopic (exact) mass is 369 g/mol. The van der Waals surface area contributed by atoms with Gasteiger partial charge in [-0.1, -0.05) is 29.8 Å². The van der Waals surface area contributed by atoms with Crippen LogP contribution in [-0.4, -0.2) is 29.9 Å². The van der Waals surface area contributed by atoms with E-state index in [-0.39, 0.29) is 11.9 Å². The first-order chi connectivity index (χ1) is 13.0. The summed E-state index contributed by atoms with van der Waals surface area (Å²) in [5.74, 6) is 0.700. The summed E-state index contributed by atoms with van der Waals surface area (Å²) in [4.78, 5) is 27.0. The van der Waals surface area contributed by atoms with Gasteiger partial charge in [-0.2, -0.15) is 0 Å². The predicted octanol–water partition coefficient (Wildman–Crippen LogP) is 3.22. The summed E-state index contributed by atoms with van der Waals surface area (Å²) in [7, 11) is 0. The van der Waals surface area contributed by atoms with Crippen molar-refractivity contribution in [3.05, 3.63) is 59.5 Å². The van der Waals surface area contributed by atoms with Crippen molar-refractivity contribution in [3.63, 3.8) is 0 Å². The van der Waals surface area contributed by atoms with E-state index in [1.165, 1.54) is 5.56 Å². The number of aryl methyl sites for hydroxylation is 1. The number of nitrogens with zero attached hydrogens (tertiary/aromatic N) is 1. The Balaban J connectivity index is 1.53.